The van der Waals surface area contributed by atoms with E-state index in [4.69, 9.17) is 11.6 Å². The summed E-state index contributed by atoms with van der Waals surface area (Å²) in [6.45, 7) is 0. The largest absolute Gasteiger partial charge is 0.309 e. The molecule has 6 aromatic carbocycles. The second kappa shape index (κ2) is 8.84. The predicted molar refractivity (Wildman–Crippen MR) is 170 cm³/mol. The van der Waals surface area contributed by atoms with Crippen LogP contribution in [0.25, 0.3) is 69.9 Å². The molecule has 0 bridgehead atoms. The first-order valence-corrected chi connectivity index (χ1v) is 14.2. The lowest BCUT2D eigenvalue weighted by molar-refractivity contribution is 1.18. The van der Waals surface area contributed by atoms with E-state index in [1.807, 2.05) is 29.5 Å². The van der Waals surface area contributed by atoms with Gasteiger partial charge in [0.2, 0.25) is 0 Å². The molecule has 0 saturated carbocycles. The van der Waals surface area contributed by atoms with Crippen LogP contribution in [0.4, 0.5) is 0 Å². The highest BCUT2D eigenvalue weighted by molar-refractivity contribution is 7.25. The number of nitrogens with zero attached hydrogens (tertiary/aromatic N) is 1. The molecule has 0 atom stereocenters. The lowest BCUT2D eigenvalue weighted by Crippen LogP contribution is -1.93. The Morgan fingerprint density at radius 1 is 0.462 bits per heavy atom. The summed E-state index contributed by atoms with van der Waals surface area (Å²) in [6.07, 6.45) is 0. The van der Waals surface area contributed by atoms with Crippen molar-refractivity contribution >= 4 is 64.9 Å². The summed E-state index contributed by atoms with van der Waals surface area (Å²) >= 11 is 8.38. The van der Waals surface area contributed by atoms with E-state index in [1.165, 1.54) is 58.8 Å². The summed E-state index contributed by atoms with van der Waals surface area (Å²) in [7, 11) is 0. The molecule has 0 N–H and O–H groups in total. The summed E-state index contributed by atoms with van der Waals surface area (Å²) in [6, 6.07) is 47.8. The SMILES string of the molecule is Clc1ccccc1-c1ccc2sc3ccc(-c4ccc5c6ccccc6n(-c6ccccc6)c5c4)cc3c2c1. The first kappa shape index (κ1) is 22.6. The molecule has 0 unspecified atom stereocenters. The fourth-order valence-electron chi connectivity index (χ4n) is 5.83. The number of hydrogen-bond donors (Lipinski definition) is 0. The summed E-state index contributed by atoms with van der Waals surface area (Å²) in [5.41, 5.74) is 8.26. The second-order valence-electron chi connectivity index (χ2n) is 9.92. The highest BCUT2D eigenvalue weighted by Crippen LogP contribution is 2.40. The molecule has 39 heavy (non-hydrogen) atoms. The first-order valence-electron chi connectivity index (χ1n) is 13.0. The van der Waals surface area contributed by atoms with Crippen LogP contribution in [0, 0.1) is 0 Å². The second-order valence-corrected chi connectivity index (χ2v) is 11.4. The Labute approximate surface area is 235 Å². The number of aromatic nitrogens is 1. The summed E-state index contributed by atoms with van der Waals surface area (Å²) in [5.74, 6) is 0. The zero-order valence-electron chi connectivity index (χ0n) is 20.9. The average molecular weight is 536 g/mol. The number of rotatable bonds is 3. The van der Waals surface area contributed by atoms with Crippen molar-refractivity contribution in [2.24, 2.45) is 0 Å². The molecule has 0 radical (unpaired) electrons. The van der Waals surface area contributed by atoms with Crippen LogP contribution in [0.2, 0.25) is 5.02 Å². The number of halogens is 1. The van der Waals surface area contributed by atoms with Crippen molar-refractivity contribution in [3.63, 3.8) is 0 Å². The first-order chi connectivity index (χ1) is 19.2. The Hall–Kier alpha value is -4.37. The van der Waals surface area contributed by atoms with Crippen molar-refractivity contribution in [1.82, 2.24) is 4.57 Å². The maximum atomic E-state index is 6.54. The predicted octanol–water partition coefficient (Wildman–Crippen LogP) is 11.1. The number of hydrogen-bond acceptors (Lipinski definition) is 1. The van der Waals surface area contributed by atoms with Gasteiger partial charge in [-0.25, -0.2) is 0 Å². The molecule has 184 valence electrons. The Balaban J connectivity index is 1.33. The fourth-order valence-corrected chi connectivity index (χ4v) is 7.14. The molecule has 2 heterocycles. The van der Waals surface area contributed by atoms with Gasteiger partial charge in [-0.15, -0.1) is 11.3 Å². The minimum atomic E-state index is 0.777. The van der Waals surface area contributed by atoms with Crippen molar-refractivity contribution in [1.29, 1.82) is 0 Å². The van der Waals surface area contributed by atoms with Crippen molar-refractivity contribution in [3.05, 3.63) is 138 Å². The van der Waals surface area contributed by atoms with E-state index in [-0.39, 0.29) is 0 Å². The van der Waals surface area contributed by atoms with Gasteiger partial charge < -0.3 is 4.57 Å². The highest BCUT2D eigenvalue weighted by Gasteiger charge is 2.14. The van der Waals surface area contributed by atoms with Crippen molar-refractivity contribution in [3.8, 4) is 27.9 Å². The van der Waals surface area contributed by atoms with E-state index in [0.717, 1.165) is 16.1 Å². The zero-order chi connectivity index (χ0) is 25.9. The van der Waals surface area contributed by atoms with Gasteiger partial charge in [-0.05, 0) is 71.3 Å². The Morgan fingerprint density at radius 2 is 1.08 bits per heavy atom. The zero-order valence-corrected chi connectivity index (χ0v) is 22.5. The van der Waals surface area contributed by atoms with Crippen LogP contribution >= 0.6 is 22.9 Å². The average Bonchev–Trinajstić information content (AvgIpc) is 3.52. The minimum absolute atomic E-state index is 0.777. The molecule has 8 aromatic rings. The smallest absolute Gasteiger partial charge is 0.0547 e. The maximum absolute atomic E-state index is 6.54. The van der Waals surface area contributed by atoms with Gasteiger partial charge in [-0.1, -0.05) is 90.5 Å². The molecule has 0 fully saturated rings. The highest BCUT2D eigenvalue weighted by atomic mass is 35.5. The van der Waals surface area contributed by atoms with Crippen LogP contribution in [0.15, 0.2) is 133 Å². The van der Waals surface area contributed by atoms with Crippen LogP contribution in [-0.4, -0.2) is 4.57 Å². The van der Waals surface area contributed by atoms with Crippen LogP contribution < -0.4 is 0 Å². The molecule has 0 aliphatic rings. The Morgan fingerprint density at radius 3 is 1.90 bits per heavy atom. The molecule has 0 spiro atoms. The van der Waals surface area contributed by atoms with Gasteiger partial charge in [0, 0.05) is 47.2 Å². The van der Waals surface area contributed by atoms with E-state index in [9.17, 15) is 0 Å². The molecule has 0 amide bonds. The van der Waals surface area contributed by atoms with Gasteiger partial charge in [0.05, 0.1) is 11.0 Å². The molecular weight excluding hydrogens is 514 g/mol. The summed E-state index contributed by atoms with van der Waals surface area (Å²) < 4.78 is 4.96. The van der Waals surface area contributed by atoms with Crippen LogP contribution in [0.1, 0.15) is 0 Å². The fraction of sp³-hybridized carbons (Fsp3) is 0. The van der Waals surface area contributed by atoms with E-state index in [0.29, 0.717) is 0 Å². The minimum Gasteiger partial charge on any atom is -0.309 e. The number of thiophene rings is 1. The normalized spacial score (nSPS) is 11.7. The van der Waals surface area contributed by atoms with Crippen molar-refractivity contribution in [2.75, 3.05) is 0 Å². The third-order valence-corrected chi connectivity index (χ3v) is 9.16. The Kier molecular flexibility index (Phi) is 5.12. The molecule has 3 heteroatoms. The summed E-state index contributed by atoms with van der Waals surface area (Å²) in [4.78, 5) is 0. The van der Waals surface area contributed by atoms with E-state index in [1.54, 1.807) is 0 Å². The van der Waals surface area contributed by atoms with E-state index < -0.39 is 0 Å². The Bertz CT molecular complexity index is 2190. The van der Waals surface area contributed by atoms with Crippen LogP contribution in [0.5, 0.6) is 0 Å². The summed E-state index contributed by atoms with van der Waals surface area (Å²) in [5, 5.41) is 5.87. The van der Waals surface area contributed by atoms with Crippen molar-refractivity contribution < 1.29 is 0 Å². The quantitative estimate of drug-likeness (QED) is 0.212. The molecule has 0 saturated heterocycles. The van der Waals surface area contributed by atoms with Gasteiger partial charge in [0.1, 0.15) is 0 Å². The number of para-hydroxylation sites is 2. The number of fused-ring (bicyclic) bond motifs is 6. The molecule has 1 nitrogen and oxygen atoms in total. The monoisotopic (exact) mass is 535 g/mol. The number of benzene rings is 6. The van der Waals surface area contributed by atoms with Gasteiger partial charge in [0.15, 0.2) is 0 Å². The lowest BCUT2D eigenvalue weighted by Gasteiger charge is -2.09. The molecule has 0 aliphatic carbocycles. The molecule has 2 aromatic heterocycles. The van der Waals surface area contributed by atoms with Crippen LogP contribution in [-0.2, 0) is 0 Å². The van der Waals surface area contributed by atoms with Crippen molar-refractivity contribution in [2.45, 2.75) is 0 Å². The standard InChI is InChI=1S/C36H22ClNS/c37-32-12-6-4-10-27(32)25-16-19-36-31(21-25)30-20-23(15-18-35(30)39-36)24-14-17-29-28-11-5-7-13-33(28)38(34(29)22-24)26-8-2-1-3-9-26/h1-22H. The van der Waals surface area contributed by atoms with Gasteiger partial charge >= 0.3 is 0 Å². The lowest BCUT2D eigenvalue weighted by atomic mass is 9.99. The third kappa shape index (κ3) is 3.60. The molecule has 0 aliphatic heterocycles. The van der Waals surface area contributed by atoms with Gasteiger partial charge in [-0.3, -0.25) is 0 Å². The van der Waals surface area contributed by atoms with E-state index >= 15 is 0 Å². The third-order valence-electron chi connectivity index (χ3n) is 7.68. The molecular formula is C36H22ClNS. The van der Waals surface area contributed by atoms with Crippen LogP contribution in [0.3, 0.4) is 0 Å². The topological polar surface area (TPSA) is 4.93 Å². The van der Waals surface area contributed by atoms with E-state index in [2.05, 4.69) is 120 Å². The molecule has 8 rings (SSSR count). The van der Waals surface area contributed by atoms with Gasteiger partial charge in [0.25, 0.3) is 0 Å². The maximum Gasteiger partial charge on any atom is 0.0547 e. The van der Waals surface area contributed by atoms with Gasteiger partial charge in [-0.2, -0.15) is 0 Å².